The number of tetrazole rings is 1. The van der Waals surface area contributed by atoms with Crippen molar-refractivity contribution in [2.24, 2.45) is 0 Å². The average Bonchev–Trinajstić information content (AvgIpc) is 3.30. The number of aromatic nitrogens is 5. The Morgan fingerprint density at radius 1 is 0.867 bits per heavy atom. The highest BCUT2D eigenvalue weighted by atomic mass is 35.5. The van der Waals surface area contributed by atoms with Crippen LogP contribution in [0, 0.1) is 0 Å². The van der Waals surface area contributed by atoms with Crippen molar-refractivity contribution in [1.82, 2.24) is 29.9 Å². The number of nitrogens with one attached hydrogen (secondary N) is 1. The molecule has 0 saturated heterocycles. The number of hydrogen-bond acceptors (Lipinski definition) is 6. The van der Waals surface area contributed by atoms with Crippen LogP contribution >= 0.6 is 11.6 Å². The molecule has 0 bridgehead atoms. The molecule has 0 saturated carbocycles. The lowest BCUT2D eigenvalue weighted by Gasteiger charge is -2.22. The van der Waals surface area contributed by atoms with Gasteiger partial charge < -0.3 is 0 Å². The standard InChI is InChI=1S/C20H17ClN6O2S/c21-18-5-7-19(8-6-18)30(28,29)27(14-16-9-11-22-12-10-16)13-15-1-3-17(4-2-15)20-23-25-26-24-20/h1-12H,13-14H2,(H,23,24,25,26). The lowest BCUT2D eigenvalue weighted by molar-refractivity contribution is 0.401. The average molecular weight is 441 g/mol. The molecular formula is C20H17ClN6O2S. The summed E-state index contributed by atoms with van der Waals surface area (Å²) in [7, 11) is -3.75. The molecule has 4 aromatic rings. The van der Waals surface area contributed by atoms with Crippen LogP contribution in [-0.4, -0.2) is 38.3 Å². The molecule has 2 heterocycles. The van der Waals surface area contributed by atoms with E-state index in [1.165, 1.54) is 16.4 Å². The molecule has 0 spiro atoms. The first-order chi connectivity index (χ1) is 14.5. The van der Waals surface area contributed by atoms with Crippen molar-refractivity contribution in [3.8, 4) is 11.4 Å². The first-order valence-corrected chi connectivity index (χ1v) is 10.8. The smallest absolute Gasteiger partial charge is 0.243 e. The number of pyridine rings is 1. The molecule has 4 rings (SSSR count). The molecular weight excluding hydrogens is 424 g/mol. The molecule has 0 fully saturated rings. The number of halogens is 1. The van der Waals surface area contributed by atoms with Crippen LogP contribution in [-0.2, 0) is 23.1 Å². The van der Waals surface area contributed by atoms with Gasteiger partial charge in [-0.2, -0.15) is 9.52 Å². The highest BCUT2D eigenvalue weighted by Gasteiger charge is 2.25. The Morgan fingerprint density at radius 2 is 1.50 bits per heavy atom. The molecule has 0 aliphatic carbocycles. The zero-order valence-corrected chi connectivity index (χ0v) is 17.3. The number of rotatable bonds is 7. The van der Waals surface area contributed by atoms with Crippen LogP contribution in [0.2, 0.25) is 5.02 Å². The van der Waals surface area contributed by atoms with Crippen LogP contribution in [0.5, 0.6) is 0 Å². The third-order valence-electron chi connectivity index (χ3n) is 4.48. The van der Waals surface area contributed by atoms with E-state index in [0.29, 0.717) is 10.8 Å². The highest BCUT2D eigenvalue weighted by molar-refractivity contribution is 7.89. The van der Waals surface area contributed by atoms with E-state index in [1.807, 2.05) is 24.3 Å². The molecule has 2 aromatic heterocycles. The minimum absolute atomic E-state index is 0.185. The first-order valence-electron chi connectivity index (χ1n) is 9.00. The number of hydrogen-bond donors (Lipinski definition) is 1. The fourth-order valence-corrected chi connectivity index (χ4v) is 4.46. The van der Waals surface area contributed by atoms with Gasteiger partial charge in [0.2, 0.25) is 15.8 Å². The molecule has 0 aliphatic rings. The van der Waals surface area contributed by atoms with E-state index < -0.39 is 10.0 Å². The van der Waals surface area contributed by atoms with Gasteiger partial charge in [0.15, 0.2) is 0 Å². The van der Waals surface area contributed by atoms with Gasteiger partial charge in [-0.25, -0.2) is 8.42 Å². The Bertz CT molecular complexity index is 1200. The van der Waals surface area contributed by atoms with Crippen LogP contribution in [0.1, 0.15) is 11.1 Å². The predicted octanol–water partition coefficient (Wildman–Crippen LogP) is 3.31. The second kappa shape index (κ2) is 8.70. The van der Waals surface area contributed by atoms with Crippen LogP contribution < -0.4 is 0 Å². The SMILES string of the molecule is O=S(=O)(c1ccc(Cl)cc1)N(Cc1ccncc1)Cc1ccc(-c2nn[nH]n2)cc1. The maximum atomic E-state index is 13.3. The van der Waals surface area contributed by atoms with E-state index in [1.54, 1.807) is 36.7 Å². The van der Waals surface area contributed by atoms with E-state index in [-0.39, 0.29) is 18.0 Å². The summed E-state index contributed by atoms with van der Waals surface area (Å²) in [4.78, 5) is 4.18. The summed E-state index contributed by atoms with van der Waals surface area (Å²) in [5.41, 5.74) is 2.45. The summed E-state index contributed by atoms with van der Waals surface area (Å²) >= 11 is 5.93. The highest BCUT2D eigenvalue weighted by Crippen LogP contribution is 2.23. The normalized spacial score (nSPS) is 11.7. The molecule has 8 nitrogen and oxygen atoms in total. The third kappa shape index (κ3) is 4.54. The third-order valence-corrected chi connectivity index (χ3v) is 6.53. The van der Waals surface area contributed by atoms with Crippen LogP contribution in [0.15, 0.2) is 78.0 Å². The number of benzene rings is 2. The molecule has 0 aliphatic heterocycles. The van der Waals surface area contributed by atoms with Gasteiger partial charge in [-0.15, -0.1) is 10.2 Å². The summed E-state index contributed by atoms with van der Waals surface area (Å²) in [5.74, 6) is 0.476. The van der Waals surface area contributed by atoms with E-state index >= 15 is 0 Å². The van der Waals surface area contributed by atoms with Crippen molar-refractivity contribution in [3.05, 3.63) is 89.2 Å². The monoisotopic (exact) mass is 440 g/mol. The van der Waals surface area contributed by atoms with Crippen molar-refractivity contribution in [2.75, 3.05) is 0 Å². The van der Waals surface area contributed by atoms with Crippen molar-refractivity contribution in [2.45, 2.75) is 18.0 Å². The first kappa shape index (κ1) is 20.1. The Labute approximate surface area is 178 Å². The molecule has 0 radical (unpaired) electrons. The Balaban J connectivity index is 1.64. The quantitative estimate of drug-likeness (QED) is 0.472. The maximum Gasteiger partial charge on any atom is 0.243 e. The second-order valence-electron chi connectivity index (χ2n) is 6.51. The van der Waals surface area contributed by atoms with Crippen molar-refractivity contribution < 1.29 is 8.42 Å². The van der Waals surface area contributed by atoms with Gasteiger partial charge in [-0.05, 0) is 52.7 Å². The van der Waals surface area contributed by atoms with Crippen LogP contribution in [0.4, 0.5) is 0 Å². The van der Waals surface area contributed by atoms with Gasteiger partial charge >= 0.3 is 0 Å². The fourth-order valence-electron chi connectivity index (χ4n) is 2.92. The molecule has 1 N–H and O–H groups in total. The zero-order chi connectivity index (χ0) is 21.0. The molecule has 30 heavy (non-hydrogen) atoms. The van der Waals surface area contributed by atoms with Crippen molar-refractivity contribution in [1.29, 1.82) is 0 Å². The summed E-state index contributed by atoms with van der Waals surface area (Å²) in [5, 5.41) is 14.3. The minimum atomic E-state index is -3.75. The number of aromatic amines is 1. The van der Waals surface area contributed by atoms with E-state index in [2.05, 4.69) is 25.6 Å². The molecule has 10 heteroatoms. The largest absolute Gasteiger partial charge is 0.265 e. The lowest BCUT2D eigenvalue weighted by atomic mass is 10.1. The van der Waals surface area contributed by atoms with E-state index in [4.69, 9.17) is 11.6 Å². The predicted molar refractivity (Wildman–Crippen MR) is 112 cm³/mol. The van der Waals surface area contributed by atoms with Crippen LogP contribution in [0.3, 0.4) is 0 Å². The summed E-state index contributed by atoms with van der Waals surface area (Å²) < 4.78 is 28.1. The number of nitrogens with zero attached hydrogens (tertiary/aromatic N) is 5. The Hall–Kier alpha value is -3.14. The van der Waals surface area contributed by atoms with E-state index in [9.17, 15) is 8.42 Å². The Morgan fingerprint density at radius 3 is 2.10 bits per heavy atom. The Kier molecular flexibility index (Phi) is 5.84. The van der Waals surface area contributed by atoms with Crippen LogP contribution in [0.25, 0.3) is 11.4 Å². The number of sulfonamides is 1. The van der Waals surface area contributed by atoms with Gasteiger partial charge in [0.25, 0.3) is 0 Å². The zero-order valence-electron chi connectivity index (χ0n) is 15.7. The number of H-pyrrole nitrogens is 1. The summed E-state index contributed by atoms with van der Waals surface area (Å²) in [6, 6.07) is 17.1. The fraction of sp³-hybridized carbons (Fsp3) is 0.100. The van der Waals surface area contributed by atoms with E-state index in [0.717, 1.165) is 16.7 Å². The topological polar surface area (TPSA) is 105 Å². The van der Waals surface area contributed by atoms with Gasteiger partial charge in [0.1, 0.15) is 0 Å². The second-order valence-corrected chi connectivity index (χ2v) is 8.89. The molecule has 152 valence electrons. The molecule has 0 unspecified atom stereocenters. The van der Waals surface area contributed by atoms with Gasteiger partial charge in [-0.1, -0.05) is 35.9 Å². The van der Waals surface area contributed by atoms with Gasteiger partial charge in [0.05, 0.1) is 4.90 Å². The minimum Gasteiger partial charge on any atom is -0.265 e. The lowest BCUT2D eigenvalue weighted by Crippen LogP contribution is -2.30. The molecule has 0 atom stereocenters. The molecule has 0 amide bonds. The van der Waals surface area contributed by atoms with Gasteiger partial charge in [-0.3, -0.25) is 4.98 Å². The van der Waals surface area contributed by atoms with Crippen molar-refractivity contribution >= 4 is 21.6 Å². The molecule has 2 aromatic carbocycles. The summed E-state index contributed by atoms with van der Waals surface area (Å²) in [6.45, 7) is 0.403. The summed E-state index contributed by atoms with van der Waals surface area (Å²) in [6.07, 6.45) is 3.28. The van der Waals surface area contributed by atoms with Gasteiger partial charge in [0, 0.05) is 36.1 Å². The maximum absolute atomic E-state index is 13.3. The van der Waals surface area contributed by atoms with Crippen molar-refractivity contribution in [3.63, 3.8) is 0 Å².